The van der Waals surface area contributed by atoms with E-state index in [2.05, 4.69) is 43.1 Å². The summed E-state index contributed by atoms with van der Waals surface area (Å²) in [6.07, 6.45) is 1.70. The van der Waals surface area contributed by atoms with Gasteiger partial charge in [-0.3, -0.25) is 4.98 Å². The minimum Gasteiger partial charge on any atom is -0.256 e. The van der Waals surface area contributed by atoms with Crippen molar-refractivity contribution in [3.8, 4) is 11.3 Å². The molecule has 1 aromatic carbocycles. The van der Waals surface area contributed by atoms with Crippen LogP contribution >= 0.6 is 0 Å². The van der Waals surface area contributed by atoms with Crippen LogP contribution in [-0.4, -0.2) is 4.98 Å². The highest BCUT2D eigenvalue weighted by molar-refractivity contribution is 5.60. The fraction of sp³-hybridized carbons (Fsp3) is 0.154. The van der Waals surface area contributed by atoms with Gasteiger partial charge in [0, 0.05) is 17.8 Å². The standard InChI is InChI=1S/C13H12N/c1-10-7-11(2)9-12(8-10)13-5-3-4-6-14-13/h3,5-9H,1-2H3. The summed E-state index contributed by atoms with van der Waals surface area (Å²) < 4.78 is 0. The van der Waals surface area contributed by atoms with E-state index in [4.69, 9.17) is 0 Å². The molecule has 1 nitrogen and oxygen atoms in total. The number of hydrogen-bond acceptors (Lipinski definition) is 1. The quantitative estimate of drug-likeness (QED) is 0.660. The van der Waals surface area contributed by atoms with Crippen molar-refractivity contribution < 1.29 is 0 Å². The van der Waals surface area contributed by atoms with Crippen LogP contribution in [0.25, 0.3) is 11.3 Å². The molecule has 2 rings (SSSR count). The molecule has 0 saturated carbocycles. The largest absolute Gasteiger partial charge is 0.256 e. The third-order valence-corrected chi connectivity index (χ3v) is 2.13. The molecule has 1 heteroatoms. The minimum atomic E-state index is 1.01. The molecule has 0 aliphatic rings. The molecule has 0 saturated heterocycles. The summed E-state index contributed by atoms with van der Waals surface area (Å²) in [6, 6.07) is 13.3. The van der Waals surface area contributed by atoms with Crippen molar-refractivity contribution in [3.63, 3.8) is 0 Å². The lowest BCUT2D eigenvalue weighted by atomic mass is 10.0. The van der Waals surface area contributed by atoms with Gasteiger partial charge in [0.05, 0.1) is 5.69 Å². The second-order valence-corrected chi connectivity index (χ2v) is 3.52. The van der Waals surface area contributed by atoms with E-state index in [1.165, 1.54) is 16.7 Å². The normalized spacial score (nSPS) is 10.1. The summed E-state index contributed by atoms with van der Waals surface area (Å²) in [7, 11) is 0. The van der Waals surface area contributed by atoms with E-state index in [1.807, 2.05) is 12.1 Å². The number of aryl methyl sites for hydroxylation is 2. The van der Waals surface area contributed by atoms with Crippen molar-refractivity contribution in [2.24, 2.45) is 0 Å². The summed E-state index contributed by atoms with van der Waals surface area (Å²) in [5.41, 5.74) is 4.73. The van der Waals surface area contributed by atoms with Crippen molar-refractivity contribution in [2.75, 3.05) is 0 Å². The number of aromatic nitrogens is 1. The molecule has 0 amide bonds. The van der Waals surface area contributed by atoms with Gasteiger partial charge in [0.15, 0.2) is 0 Å². The Morgan fingerprint density at radius 2 is 1.79 bits per heavy atom. The molecule has 2 aromatic rings. The first-order valence-electron chi connectivity index (χ1n) is 4.66. The Hall–Kier alpha value is -1.63. The number of hydrogen-bond donors (Lipinski definition) is 0. The highest BCUT2D eigenvalue weighted by Crippen LogP contribution is 2.19. The highest BCUT2D eigenvalue weighted by atomic mass is 14.7. The van der Waals surface area contributed by atoms with Crippen LogP contribution in [0.15, 0.2) is 36.5 Å². The smallest absolute Gasteiger partial charge is 0.0702 e. The van der Waals surface area contributed by atoms with Gasteiger partial charge in [-0.15, -0.1) is 0 Å². The van der Waals surface area contributed by atoms with Crippen LogP contribution in [0.3, 0.4) is 0 Å². The fourth-order valence-corrected chi connectivity index (χ4v) is 1.61. The molecule has 69 valence electrons. The zero-order chi connectivity index (χ0) is 9.97. The van der Waals surface area contributed by atoms with Crippen molar-refractivity contribution in [1.29, 1.82) is 0 Å². The molecule has 0 atom stereocenters. The predicted octanol–water partition coefficient (Wildman–Crippen LogP) is 3.17. The molecule has 0 aliphatic heterocycles. The number of nitrogens with zero attached hydrogens (tertiary/aromatic N) is 1. The van der Waals surface area contributed by atoms with Gasteiger partial charge in [-0.25, -0.2) is 0 Å². The predicted molar refractivity (Wildman–Crippen MR) is 58.0 cm³/mol. The van der Waals surface area contributed by atoms with Crippen molar-refractivity contribution in [1.82, 2.24) is 4.98 Å². The zero-order valence-corrected chi connectivity index (χ0v) is 8.41. The molecule has 0 aliphatic carbocycles. The average Bonchev–Trinajstić information content (AvgIpc) is 2.18. The summed E-state index contributed by atoms with van der Waals surface area (Å²) in [6.45, 7) is 4.21. The van der Waals surface area contributed by atoms with Gasteiger partial charge >= 0.3 is 0 Å². The van der Waals surface area contributed by atoms with Crippen molar-refractivity contribution in [2.45, 2.75) is 13.8 Å². The summed E-state index contributed by atoms with van der Waals surface area (Å²) in [5, 5.41) is 0. The minimum absolute atomic E-state index is 1.01. The Kier molecular flexibility index (Phi) is 2.32. The van der Waals surface area contributed by atoms with E-state index in [1.54, 1.807) is 6.20 Å². The molecule has 0 unspecified atom stereocenters. The van der Waals surface area contributed by atoms with Crippen LogP contribution in [0.1, 0.15) is 11.1 Å². The molecule has 0 N–H and O–H groups in total. The SMILES string of the molecule is Cc1cc(C)cc(-c2cc[c]cn2)c1. The van der Waals surface area contributed by atoms with E-state index in [-0.39, 0.29) is 0 Å². The van der Waals surface area contributed by atoms with Crippen LogP contribution in [0, 0.1) is 19.9 Å². The number of pyridine rings is 1. The lowest BCUT2D eigenvalue weighted by Gasteiger charge is -2.03. The third kappa shape index (κ3) is 1.82. The van der Waals surface area contributed by atoms with Gasteiger partial charge in [0.1, 0.15) is 0 Å². The second kappa shape index (κ2) is 3.62. The Morgan fingerprint density at radius 3 is 2.36 bits per heavy atom. The maximum Gasteiger partial charge on any atom is 0.0702 e. The molecule has 1 radical (unpaired) electrons. The van der Waals surface area contributed by atoms with Gasteiger partial charge in [0.2, 0.25) is 0 Å². The maximum absolute atomic E-state index is 4.28. The Morgan fingerprint density at radius 1 is 1.07 bits per heavy atom. The van der Waals surface area contributed by atoms with Gasteiger partial charge in [-0.1, -0.05) is 23.3 Å². The maximum atomic E-state index is 4.28. The number of rotatable bonds is 1. The third-order valence-electron chi connectivity index (χ3n) is 2.13. The monoisotopic (exact) mass is 182 g/mol. The highest BCUT2D eigenvalue weighted by Gasteiger charge is 1.99. The molecular weight excluding hydrogens is 170 g/mol. The molecule has 0 fully saturated rings. The van der Waals surface area contributed by atoms with Gasteiger partial charge in [-0.05, 0) is 32.0 Å². The lowest BCUT2D eigenvalue weighted by molar-refractivity contribution is 1.30. The Labute approximate surface area is 84.4 Å². The molecule has 0 spiro atoms. The van der Waals surface area contributed by atoms with E-state index < -0.39 is 0 Å². The Balaban J connectivity index is 2.52. The zero-order valence-electron chi connectivity index (χ0n) is 8.41. The first kappa shape index (κ1) is 8.95. The van der Waals surface area contributed by atoms with Gasteiger partial charge in [0.25, 0.3) is 0 Å². The van der Waals surface area contributed by atoms with Crippen molar-refractivity contribution >= 4 is 0 Å². The second-order valence-electron chi connectivity index (χ2n) is 3.52. The molecule has 14 heavy (non-hydrogen) atoms. The molecule has 0 bridgehead atoms. The fourth-order valence-electron chi connectivity index (χ4n) is 1.61. The van der Waals surface area contributed by atoms with E-state index in [0.717, 1.165) is 5.69 Å². The summed E-state index contributed by atoms with van der Waals surface area (Å²) in [5.74, 6) is 0. The van der Waals surface area contributed by atoms with Crippen LogP contribution in [-0.2, 0) is 0 Å². The van der Waals surface area contributed by atoms with E-state index in [0.29, 0.717) is 0 Å². The summed E-state index contributed by atoms with van der Waals surface area (Å²) >= 11 is 0. The van der Waals surface area contributed by atoms with Crippen LogP contribution in [0.2, 0.25) is 0 Å². The van der Waals surface area contributed by atoms with Gasteiger partial charge < -0.3 is 0 Å². The van der Waals surface area contributed by atoms with E-state index >= 15 is 0 Å². The first-order valence-corrected chi connectivity index (χ1v) is 4.66. The number of benzene rings is 1. The first-order chi connectivity index (χ1) is 6.75. The van der Waals surface area contributed by atoms with E-state index in [9.17, 15) is 0 Å². The van der Waals surface area contributed by atoms with Crippen LogP contribution in [0.5, 0.6) is 0 Å². The van der Waals surface area contributed by atoms with Crippen molar-refractivity contribution in [3.05, 3.63) is 53.7 Å². The molecule has 1 heterocycles. The van der Waals surface area contributed by atoms with Crippen LogP contribution < -0.4 is 0 Å². The summed E-state index contributed by atoms with van der Waals surface area (Å²) in [4.78, 5) is 4.28. The topological polar surface area (TPSA) is 12.9 Å². The lowest BCUT2D eigenvalue weighted by Crippen LogP contribution is -1.85. The average molecular weight is 182 g/mol. The molecular formula is C13H12N. The van der Waals surface area contributed by atoms with Crippen LogP contribution in [0.4, 0.5) is 0 Å². The van der Waals surface area contributed by atoms with Gasteiger partial charge in [-0.2, -0.15) is 0 Å². The Bertz CT molecular complexity index is 412. The molecule has 1 aromatic heterocycles.